The number of amidine groups is 1. The van der Waals surface area contributed by atoms with Crippen LogP contribution in [0.1, 0.15) is 29.8 Å². The Morgan fingerprint density at radius 3 is 2.68 bits per heavy atom. The standard InChI is InChI=1S/C21H23ClN2O3S/c1-3-26-18-9-8-16(13-19(18)27-4-2)20(25)24-11-10-23-21(24)28-14-15-6-5-7-17(22)12-15/h5-9,12-13H,3-4,10-11,14H2,1-2H3. The van der Waals surface area contributed by atoms with Crippen molar-refractivity contribution in [2.24, 2.45) is 4.99 Å². The van der Waals surface area contributed by atoms with E-state index in [2.05, 4.69) is 4.99 Å². The summed E-state index contributed by atoms with van der Waals surface area (Å²) in [6.07, 6.45) is 0. The summed E-state index contributed by atoms with van der Waals surface area (Å²) in [5, 5.41) is 1.44. The number of nitrogens with zero attached hydrogens (tertiary/aromatic N) is 2. The predicted molar refractivity (Wildman–Crippen MR) is 115 cm³/mol. The van der Waals surface area contributed by atoms with E-state index in [4.69, 9.17) is 21.1 Å². The number of halogens is 1. The third-order valence-electron chi connectivity index (χ3n) is 4.09. The second kappa shape index (κ2) is 9.85. The number of thioether (sulfide) groups is 1. The van der Waals surface area contributed by atoms with Gasteiger partial charge in [0.1, 0.15) is 0 Å². The fourth-order valence-corrected chi connectivity index (χ4v) is 4.05. The molecule has 0 bridgehead atoms. The molecule has 1 aliphatic heterocycles. The van der Waals surface area contributed by atoms with E-state index in [0.717, 1.165) is 10.7 Å². The van der Waals surface area contributed by atoms with Gasteiger partial charge in [0, 0.05) is 22.9 Å². The van der Waals surface area contributed by atoms with Crippen molar-refractivity contribution in [3.63, 3.8) is 0 Å². The Kier molecular flexibility index (Phi) is 7.23. The van der Waals surface area contributed by atoms with Gasteiger partial charge in [0.25, 0.3) is 5.91 Å². The second-order valence-electron chi connectivity index (χ2n) is 6.07. The first-order valence-corrected chi connectivity index (χ1v) is 10.6. The molecule has 1 heterocycles. The molecule has 0 atom stereocenters. The average Bonchev–Trinajstić information content (AvgIpc) is 3.16. The Hall–Kier alpha value is -2.18. The number of rotatable bonds is 7. The first-order valence-electron chi connectivity index (χ1n) is 9.25. The summed E-state index contributed by atoms with van der Waals surface area (Å²) in [5.74, 6) is 1.85. The maximum Gasteiger partial charge on any atom is 0.260 e. The molecule has 0 spiro atoms. The monoisotopic (exact) mass is 418 g/mol. The van der Waals surface area contributed by atoms with Gasteiger partial charge >= 0.3 is 0 Å². The van der Waals surface area contributed by atoms with Crippen LogP contribution >= 0.6 is 23.4 Å². The Labute approximate surface area is 174 Å². The Morgan fingerprint density at radius 2 is 1.93 bits per heavy atom. The Morgan fingerprint density at radius 1 is 1.14 bits per heavy atom. The molecular formula is C21H23ClN2O3S. The van der Waals surface area contributed by atoms with E-state index >= 15 is 0 Å². The number of ether oxygens (including phenoxy) is 2. The number of benzene rings is 2. The lowest BCUT2D eigenvalue weighted by atomic mass is 10.1. The molecule has 0 N–H and O–H groups in total. The quantitative estimate of drug-likeness (QED) is 0.642. The van der Waals surface area contributed by atoms with Crippen molar-refractivity contribution in [1.29, 1.82) is 0 Å². The summed E-state index contributed by atoms with van der Waals surface area (Å²) in [6, 6.07) is 13.0. The molecule has 1 amide bonds. The van der Waals surface area contributed by atoms with Crippen molar-refractivity contribution in [3.8, 4) is 11.5 Å². The van der Waals surface area contributed by atoms with E-state index in [1.165, 1.54) is 0 Å². The van der Waals surface area contributed by atoms with Crippen molar-refractivity contribution in [3.05, 3.63) is 58.6 Å². The molecule has 0 saturated carbocycles. The van der Waals surface area contributed by atoms with Crippen LogP contribution in [-0.2, 0) is 5.75 Å². The summed E-state index contributed by atoms with van der Waals surface area (Å²) < 4.78 is 11.2. The first kappa shape index (κ1) is 20.6. The van der Waals surface area contributed by atoms with Crippen LogP contribution in [0.2, 0.25) is 5.02 Å². The highest BCUT2D eigenvalue weighted by Gasteiger charge is 2.26. The van der Waals surface area contributed by atoms with Crippen molar-refractivity contribution in [1.82, 2.24) is 4.90 Å². The molecule has 0 fully saturated rings. The lowest BCUT2D eigenvalue weighted by molar-refractivity contribution is 0.0860. The molecule has 148 valence electrons. The van der Waals surface area contributed by atoms with E-state index < -0.39 is 0 Å². The molecule has 0 saturated heterocycles. The number of aliphatic imine (C=N–C) groups is 1. The van der Waals surface area contributed by atoms with Gasteiger partial charge in [0.2, 0.25) is 0 Å². The number of carbonyl (C=O) groups excluding carboxylic acids is 1. The predicted octanol–water partition coefficient (Wildman–Crippen LogP) is 4.88. The molecule has 1 aliphatic rings. The molecule has 0 aromatic heterocycles. The van der Waals surface area contributed by atoms with Gasteiger partial charge in [-0.1, -0.05) is 35.5 Å². The van der Waals surface area contributed by atoms with Crippen LogP contribution in [0, 0.1) is 0 Å². The van der Waals surface area contributed by atoms with Crippen LogP contribution in [0.4, 0.5) is 0 Å². The fourth-order valence-electron chi connectivity index (χ4n) is 2.85. The third kappa shape index (κ3) is 5.00. The average molecular weight is 419 g/mol. The minimum absolute atomic E-state index is 0.0844. The summed E-state index contributed by atoms with van der Waals surface area (Å²) in [7, 11) is 0. The molecule has 0 unspecified atom stereocenters. The topological polar surface area (TPSA) is 51.1 Å². The molecule has 28 heavy (non-hydrogen) atoms. The van der Waals surface area contributed by atoms with Crippen LogP contribution in [0.25, 0.3) is 0 Å². The van der Waals surface area contributed by atoms with Crippen LogP contribution in [0.5, 0.6) is 11.5 Å². The Bertz CT molecular complexity index is 872. The van der Waals surface area contributed by atoms with Crippen molar-refractivity contribution in [2.75, 3.05) is 26.3 Å². The maximum absolute atomic E-state index is 13.1. The third-order valence-corrected chi connectivity index (χ3v) is 5.41. The molecule has 0 aliphatic carbocycles. The van der Waals surface area contributed by atoms with Crippen LogP contribution < -0.4 is 9.47 Å². The zero-order valence-corrected chi connectivity index (χ0v) is 17.6. The smallest absolute Gasteiger partial charge is 0.260 e. The van der Waals surface area contributed by atoms with E-state index in [0.29, 0.717) is 54.1 Å². The van der Waals surface area contributed by atoms with Crippen molar-refractivity contribution >= 4 is 34.4 Å². The second-order valence-corrected chi connectivity index (χ2v) is 7.45. The highest BCUT2D eigenvalue weighted by atomic mass is 35.5. The largest absolute Gasteiger partial charge is 0.490 e. The van der Waals surface area contributed by atoms with Crippen LogP contribution in [-0.4, -0.2) is 42.3 Å². The van der Waals surface area contributed by atoms with Crippen molar-refractivity contribution in [2.45, 2.75) is 19.6 Å². The van der Waals surface area contributed by atoms with Gasteiger partial charge in [0.15, 0.2) is 16.7 Å². The summed E-state index contributed by atoms with van der Waals surface area (Å²) >= 11 is 7.59. The number of amides is 1. The van der Waals surface area contributed by atoms with E-state index in [1.807, 2.05) is 38.1 Å². The summed E-state index contributed by atoms with van der Waals surface area (Å²) in [4.78, 5) is 19.3. The van der Waals surface area contributed by atoms with Gasteiger partial charge in [-0.05, 0) is 49.7 Å². The molecular weight excluding hydrogens is 396 g/mol. The number of hydrogen-bond acceptors (Lipinski definition) is 5. The van der Waals surface area contributed by atoms with Crippen molar-refractivity contribution < 1.29 is 14.3 Å². The molecule has 0 radical (unpaired) electrons. The normalized spacial score (nSPS) is 13.4. The van der Waals surface area contributed by atoms with Gasteiger partial charge < -0.3 is 9.47 Å². The molecule has 2 aromatic carbocycles. The van der Waals surface area contributed by atoms with Gasteiger partial charge in [-0.2, -0.15) is 0 Å². The molecule has 5 nitrogen and oxygen atoms in total. The summed E-state index contributed by atoms with van der Waals surface area (Å²) in [5.41, 5.74) is 1.66. The zero-order chi connectivity index (χ0) is 19.9. The maximum atomic E-state index is 13.1. The highest BCUT2D eigenvalue weighted by molar-refractivity contribution is 8.13. The number of carbonyl (C=O) groups is 1. The van der Waals surface area contributed by atoms with Crippen LogP contribution in [0.15, 0.2) is 47.5 Å². The highest BCUT2D eigenvalue weighted by Crippen LogP contribution is 2.30. The minimum atomic E-state index is -0.0844. The SMILES string of the molecule is CCOc1ccc(C(=O)N2CCN=C2SCc2cccc(Cl)c2)cc1OCC. The van der Waals surface area contributed by atoms with Gasteiger partial charge in [-0.25, -0.2) is 0 Å². The van der Waals surface area contributed by atoms with Gasteiger partial charge in [0.05, 0.1) is 19.8 Å². The number of hydrogen-bond donors (Lipinski definition) is 0. The Balaban J connectivity index is 1.72. The minimum Gasteiger partial charge on any atom is -0.490 e. The van der Waals surface area contributed by atoms with Crippen LogP contribution in [0.3, 0.4) is 0 Å². The van der Waals surface area contributed by atoms with Gasteiger partial charge in [-0.15, -0.1) is 0 Å². The van der Waals surface area contributed by atoms with E-state index in [-0.39, 0.29) is 5.91 Å². The lowest BCUT2D eigenvalue weighted by Gasteiger charge is -2.19. The molecule has 3 rings (SSSR count). The van der Waals surface area contributed by atoms with Gasteiger partial charge in [-0.3, -0.25) is 14.7 Å². The van der Waals surface area contributed by atoms with E-state index in [9.17, 15) is 4.79 Å². The summed E-state index contributed by atoms with van der Waals surface area (Å²) in [6.45, 7) is 6.05. The first-order chi connectivity index (χ1) is 13.6. The molecule has 2 aromatic rings. The molecule has 7 heteroatoms. The lowest BCUT2D eigenvalue weighted by Crippen LogP contribution is -2.32. The zero-order valence-electron chi connectivity index (χ0n) is 16.0. The van der Waals surface area contributed by atoms with E-state index in [1.54, 1.807) is 34.9 Å². The fraction of sp³-hybridized carbons (Fsp3) is 0.333.